The van der Waals surface area contributed by atoms with Crippen molar-refractivity contribution in [3.05, 3.63) is 0 Å². The number of carboxylic acids is 1. The van der Waals surface area contributed by atoms with Crippen molar-refractivity contribution >= 4 is 11.9 Å². The molecule has 5 heteroatoms. The first-order valence-electron chi connectivity index (χ1n) is 7.56. The van der Waals surface area contributed by atoms with E-state index < -0.39 is 5.97 Å². The summed E-state index contributed by atoms with van der Waals surface area (Å²) in [5.41, 5.74) is -0.445. The second-order valence-electron chi connectivity index (χ2n) is 6.53. The Hall–Kier alpha value is -1.10. The fourth-order valence-corrected chi connectivity index (χ4v) is 2.72. The maximum atomic E-state index is 12.3. The minimum Gasteiger partial charge on any atom is -0.481 e. The molecule has 1 rings (SSSR count). The van der Waals surface area contributed by atoms with Crippen LogP contribution in [0.15, 0.2) is 0 Å². The van der Waals surface area contributed by atoms with E-state index in [1.165, 1.54) is 0 Å². The molecule has 1 saturated heterocycles. The Morgan fingerprint density at radius 1 is 1.35 bits per heavy atom. The lowest BCUT2D eigenvalue weighted by Crippen LogP contribution is -2.53. The largest absolute Gasteiger partial charge is 0.481 e. The smallest absolute Gasteiger partial charge is 0.303 e. The van der Waals surface area contributed by atoms with Crippen LogP contribution < -0.4 is 10.6 Å². The second-order valence-corrected chi connectivity index (χ2v) is 6.53. The van der Waals surface area contributed by atoms with Crippen molar-refractivity contribution in [3.8, 4) is 0 Å². The van der Waals surface area contributed by atoms with Crippen LogP contribution in [0.4, 0.5) is 0 Å². The highest BCUT2D eigenvalue weighted by Gasteiger charge is 2.38. The van der Waals surface area contributed by atoms with Crippen molar-refractivity contribution in [2.24, 2.45) is 5.41 Å². The average Bonchev–Trinajstić information content (AvgIpc) is 2.86. The summed E-state index contributed by atoms with van der Waals surface area (Å²) in [5.74, 6) is -0.672. The van der Waals surface area contributed by atoms with E-state index >= 15 is 0 Å². The van der Waals surface area contributed by atoms with Gasteiger partial charge < -0.3 is 15.7 Å². The molecule has 5 nitrogen and oxygen atoms in total. The fraction of sp³-hybridized carbons (Fsp3) is 0.867. The van der Waals surface area contributed by atoms with Gasteiger partial charge in [-0.3, -0.25) is 9.59 Å². The molecule has 0 aromatic heterocycles. The number of carbonyl (C=O) groups is 2. The van der Waals surface area contributed by atoms with Crippen LogP contribution in [0.25, 0.3) is 0 Å². The first kappa shape index (κ1) is 17.0. The van der Waals surface area contributed by atoms with Crippen LogP contribution >= 0.6 is 0 Å². The SMILES string of the molecule is CCC1(C(=O)NCCC(C)(C)CCC(=O)O)CCCN1. The zero-order chi connectivity index (χ0) is 15.2. The Morgan fingerprint density at radius 3 is 2.55 bits per heavy atom. The van der Waals surface area contributed by atoms with Crippen molar-refractivity contribution < 1.29 is 14.7 Å². The van der Waals surface area contributed by atoms with Gasteiger partial charge in [0.15, 0.2) is 0 Å². The van der Waals surface area contributed by atoms with Crippen LogP contribution in [0.1, 0.15) is 59.3 Å². The van der Waals surface area contributed by atoms with Crippen molar-refractivity contribution in [1.29, 1.82) is 0 Å². The van der Waals surface area contributed by atoms with Gasteiger partial charge in [-0.25, -0.2) is 0 Å². The first-order valence-corrected chi connectivity index (χ1v) is 7.56. The molecule has 3 N–H and O–H groups in total. The third-order valence-corrected chi connectivity index (χ3v) is 4.38. The fourth-order valence-electron chi connectivity index (χ4n) is 2.72. The summed E-state index contributed by atoms with van der Waals surface area (Å²) >= 11 is 0. The topological polar surface area (TPSA) is 78.4 Å². The maximum absolute atomic E-state index is 12.3. The number of hydrogen-bond donors (Lipinski definition) is 3. The van der Waals surface area contributed by atoms with Gasteiger partial charge in [-0.05, 0) is 44.1 Å². The molecule has 0 aromatic rings. The van der Waals surface area contributed by atoms with E-state index in [9.17, 15) is 9.59 Å². The van der Waals surface area contributed by atoms with Crippen LogP contribution in [0.2, 0.25) is 0 Å². The molecule has 0 radical (unpaired) electrons. The maximum Gasteiger partial charge on any atom is 0.303 e. The average molecular weight is 284 g/mol. The third kappa shape index (κ3) is 4.78. The zero-order valence-electron chi connectivity index (χ0n) is 12.9. The number of amides is 1. The van der Waals surface area contributed by atoms with Gasteiger partial charge in [-0.1, -0.05) is 20.8 Å². The number of carboxylic acid groups (broad SMARTS) is 1. The van der Waals surface area contributed by atoms with E-state index in [2.05, 4.69) is 10.6 Å². The lowest BCUT2D eigenvalue weighted by molar-refractivity contribution is -0.137. The van der Waals surface area contributed by atoms with E-state index in [1.807, 2.05) is 20.8 Å². The number of nitrogens with one attached hydrogen (secondary N) is 2. The lowest BCUT2D eigenvalue weighted by atomic mass is 9.84. The molecule has 1 atom stereocenters. The van der Waals surface area contributed by atoms with E-state index in [-0.39, 0.29) is 23.3 Å². The third-order valence-electron chi connectivity index (χ3n) is 4.38. The number of carbonyl (C=O) groups excluding carboxylic acids is 1. The van der Waals surface area contributed by atoms with Gasteiger partial charge in [-0.2, -0.15) is 0 Å². The van der Waals surface area contributed by atoms with Gasteiger partial charge >= 0.3 is 5.97 Å². The molecular formula is C15H28N2O3. The Kier molecular flexibility index (Phi) is 5.99. The van der Waals surface area contributed by atoms with Gasteiger partial charge in [0.05, 0.1) is 5.54 Å². The normalized spacial score (nSPS) is 22.8. The molecule has 1 heterocycles. The summed E-state index contributed by atoms with van der Waals surface area (Å²) < 4.78 is 0. The van der Waals surface area contributed by atoms with Crippen molar-refractivity contribution in [2.45, 2.75) is 64.8 Å². The monoisotopic (exact) mass is 284 g/mol. The summed E-state index contributed by atoms with van der Waals surface area (Å²) in [4.78, 5) is 22.9. The molecular weight excluding hydrogens is 256 g/mol. The van der Waals surface area contributed by atoms with Crippen LogP contribution in [-0.4, -0.2) is 35.6 Å². The Morgan fingerprint density at radius 2 is 2.05 bits per heavy atom. The van der Waals surface area contributed by atoms with E-state index in [0.29, 0.717) is 13.0 Å². The molecule has 1 amide bonds. The minimum absolute atomic E-state index is 0.0614. The Labute approximate surface area is 121 Å². The predicted octanol–water partition coefficient (Wildman–Crippen LogP) is 1.92. The van der Waals surface area contributed by atoms with E-state index in [1.54, 1.807) is 0 Å². The summed E-state index contributed by atoms with van der Waals surface area (Å²) in [5, 5.41) is 15.1. The predicted molar refractivity (Wildman–Crippen MR) is 78.5 cm³/mol. The van der Waals surface area contributed by atoms with Crippen LogP contribution in [0.3, 0.4) is 0 Å². The Balaban J connectivity index is 2.35. The van der Waals surface area contributed by atoms with Gasteiger partial charge in [0, 0.05) is 13.0 Å². The molecule has 0 aromatic carbocycles. The van der Waals surface area contributed by atoms with Gasteiger partial charge in [0.25, 0.3) is 0 Å². The van der Waals surface area contributed by atoms with Crippen LogP contribution in [0, 0.1) is 5.41 Å². The second kappa shape index (κ2) is 7.07. The lowest BCUT2D eigenvalue weighted by Gasteiger charge is -2.28. The highest BCUT2D eigenvalue weighted by atomic mass is 16.4. The summed E-state index contributed by atoms with van der Waals surface area (Å²) in [6, 6.07) is 0. The molecule has 20 heavy (non-hydrogen) atoms. The Bertz CT molecular complexity index is 347. The molecule has 1 aliphatic rings. The first-order chi connectivity index (χ1) is 9.31. The number of rotatable bonds is 8. The van der Waals surface area contributed by atoms with Gasteiger partial charge in [0.1, 0.15) is 0 Å². The summed E-state index contributed by atoms with van der Waals surface area (Å²) in [6.45, 7) is 7.64. The van der Waals surface area contributed by atoms with Gasteiger partial charge in [0.2, 0.25) is 5.91 Å². The number of aliphatic carboxylic acids is 1. The van der Waals surface area contributed by atoms with E-state index in [0.717, 1.165) is 32.2 Å². The zero-order valence-corrected chi connectivity index (χ0v) is 12.9. The molecule has 1 aliphatic heterocycles. The standard InChI is InChI=1S/C15H28N2O3/c1-4-15(7-5-10-17-15)13(20)16-11-9-14(2,3)8-6-12(18)19/h17H,4-11H2,1-3H3,(H,16,20)(H,18,19). The van der Waals surface area contributed by atoms with Crippen molar-refractivity contribution in [2.75, 3.05) is 13.1 Å². The van der Waals surface area contributed by atoms with Crippen molar-refractivity contribution in [3.63, 3.8) is 0 Å². The highest BCUT2D eigenvalue weighted by molar-refractivity contribution is 5.86. The van der Waals surface area contributed by atoms with Crippen molar-refractivity contribution in [1.82, 2.24) is 10.6 Å². The van der Waals surface area contributed by atoms with E-state index in [4.69, 9.17) is 5.11 Å². The molecule has 1 fully saturated rings. The quantitative estimate of drug-likeness (QED) is 0.636. The molecule has 116 valence electrons. The highest BCUT2D eigenvalue weighted by Crippen LogP contribution is 2.27. The molecule has 0 spiro atoms. The summed E-state index contributed by atoms with van der Waals surface area (Å²) in [7, 11) is 0. The molecule has 0 saturated carbocycles. The van der Waals surface area contributed by atoms with Crippen LogP contribution in [-0.2, 0) is 9.59 Å². The minimum atomic E-state index is -0.762. The molecule has 0 bridgehead atoms. The molecule has 0 aliphatic carbocycles. The number of hydrogen-bond acceptors (Lipinski definition) is 3. The molecule has 1 unspecified atom stereocenters. The van der Waals surface area contributed by atoms with Crippen LogP contribution in [0.5, 0.6) is 0 Å². The van der Waals surface area contributed by atoms with Gasteiger partial charge in [-0.15, -0.1) is 0 Å². The summed E-state index contributed by atoms with van der Waals surface area (Å²) in [6.07, 6.45) is 4.37.